The standard InChI is InChI=1S/C23H20N2O4/c1-29-20-12-10-18(11-13-20)24-23(28)25-19-9-5-8-17(14-19)21(15-22(26)27)16-6-3-2-4-7-16/h2-15H,1H3,(H,26,27)(H2,24,25,28)/b21-15-. The summed E-state index contributed by atoms with van der Waals surface area (Å²) in [6.07, 6.45) is 1.16. The summed E-state index contributed by atoms with van der Waals surface area (Å²) in [4.78, 5) is 23.6. The van der Waals surface area contributed by atoms with Crippen molar-refractivity contribution < 1.29 is 19.4 Å². The summed E-state index contributed by atoms with van der Waals surface area (Å²) < 4.78 is 5.09. The second-order valence-corrected chi connectivity index (χ2v) is 6.15. The maximum atomic E-state index is 12.3. The summed E-state index contributed by atoms with van der Waals surface area (Å²) in [5.41, 5.74) is 3.17. The van der Waals surface area contributed by atoms with Crippen LogP contribution >= 0.6 is 0 Å². The Balaban J connectivity index is 1.78. The van der Waals surface area contributed by atoms with Gasteiger partial charge in [-0.15, -0.1) is 0 Å². The number of methoxy groups -OCH3 is 1. The van der Waals surface area contributed by atoms with Gasteiger partial charge in [-0.25, -0.2) is 9.59 Å². The molecule has 0 bridgehead atoms. The molecule has 0 unspecified atom stereocenters. The topological polar surface area (TPSA) is 87.7 Å². The number of nitrogens with one attached hydrogen (secondary N) is 2. The number of carboxylic acids is 1. The molecule has 0 aliphatic rings. The number of aliphatic carboxylic acids is 1. The normalized spacial score (nSPS) is 10.9. The number of carboxylic acid groups (broad SMARTS) is 1. The molecule has 0 aromatic heterocycles. The number of carbonyl (C=O) groups is 2. The second-order valence-electron chi connectivity index (χ2n) is 6.15. The molecule has 146 valence electrons. The number of urea groups is 1. The highest BCUT2D eigenvalue weighted by atomic mass is 16.5. The third kappa shape index (κ3) is 5.46. The highest BCUT2D eigenvalue weighted by Crippen LogP contribution is 2.25. The first-order valence-electron chi connectivity index (χ1n) is 8.87. The number of benzene rings is 3. The molecule has 29 heavy (non-hydrogen) atoms. The predicted octanol–water partition coefficient (Wildman–Crippen LogP) is 4.86. The Morgan fingerprint density at radius 1 is 0.828 bits per heavy atom. The number of rotatable bonds is 6. The van der Waals surface area contributed by atoms with Crippen LogP contribution in [0.3, 0.4) is 0 Å². The number of carbonyl (C=O) groups excluding carboxylic acids is 1. The van der Waals surface area contributed by atoms with Gasteiger partial charge in [-0.05, 0) is 53.1 Å². The van der Waals surface area contributed by atoms with Crippen molar-refractivity contribution in [2.45, 2.75) is 0 Å². The van der Waals surface area contributed by atoms with Crippen molar-refractivity contribution >= 4 is 28.9 Å². The number of anilines is 2. The van der Waals surface area contributed by atoms with Gasteiger partial charge in [0.25, 0.3) is 0 Å². The van der Waals surface area contributed by atoms with Gasteiger partial charge in [-0.2, -0.15) is 0 Å². The van der Waals surface area contributed by atoms with Gasteiger partial charge in [0.1, 0.15) is 5.75 Å². The summed E-state index contributed by atoms with van der Waals surface area (Å²) in [6, 6.07) is 22.8. The fraction of sp³-hybridized carbons (Fsp3) is 0.0435. The van der Waals surface area contributed by atoms with Crippen LogP contribution in [0.2, 0.25) is 0 Å². The SMILES string of the molecule is COc1ccc(NC(=O)Nc2cccc(/C(=C\C(=O)O)c3ccccc3)c2)cc1. The van der Waals surface area contributed by atoms with Crippen LogP contribution in [0.15, 0.2) is 84.9 Å². The van der Waals surface area contributed by atoms with Crippen LogP contribution in [0, 0.1) is 0 Å². The van der Waals surface area contributed by atoms with Crippen molar-refractivity contribution in [3.63, 3.8) is 0 Å². The van der Waals surface area contributed by atoms with E-state index < -0.39 is 12.0 Å². The minimum absolute atomic E-state index is 0.407. The van der Waals surface area contributed by atoms with Crippen LogP contribution in [-0.4, -0.2) is 24.2 Å². The van der Waals surface area contributed by atoms with E-state index in [-0.39, 0.29) is 0 Å². The van der Waals surface area contributed by atoms with Crippen molar-refractivity contribution in [1.82, 2.24) is 0 Å². The molecule has 3 N–H and O–H groups in total. The lowest BCUT2D eigenvalue weighted by Gasteiger charge is -2.12. The number of ether oxygens (including phenoxy) is 1. The molecular formula is C23H20N2O4. The van der Waals surface area contributed by atoms with Gasteiger partial charge in [-0.1, -0.05) is 42.5 Å². The van der Waals surface area contributed by atoms with Crippen molar-refractivity contribution in [2.24, 2.45) is 0 Å². The van der Waals surface area contributed by atoms with Crippen LogP contribution in [-0.2, 0) is 4.79 Å². The van der Waals surface area contributed by atoms with Gasteiger partial charge < -0.3 is 20.5 Å². The van der Waals surface area contributed by atoms with E-state index in [2.05, 4.69) is 10.6 Å². The zero-order valence-electron chi connectivity index (χ0n) is 15.8. The van der Waals surface area contributed by atoms with E-state index in [4.69, 9.17) is 4.74 Å². The zero-order chi connectivity index (χ0) is 20.6. The van der Waals surface area contributed by atoms with Gasteiger partial charge in [0, 0.05) is 17.5 Å². The Hall–Kier alpha value is -4.06. The zero-order valence-corrected chi connectivity index (χ0v) is 15.8. The van der Waals surface area contributed by atoms with Gasteiger partial charge in [-0.3, -0.25) is 0 Å². The average Bonchev–Trinajstić information content (AvgIpc) is 2.73. The van der Waals surface area contributed by atoms with E-state index in [0.717, 1.165) is 11.6 Å². The first kappa shape index (κ1) is 19.7. The smallest absolute Gasteiger partial charge is 0.328 e. The molecule has 0 aliphatic heterocycles. The first-order valence-corrected chi connectivity index (χ1v) is 8.87. The molecule has 0 heterocycles. The minimum atomic E-state index is -1.04. The summed E-state index contributed by atoms with van der Waals surface area (Å²) in [6.45, 7) is 0. The van der Waals surface area contributed by atoms with Gasteiger partial charge in [0.05, 0.1) is 7.11 Å². The monoisotopic (exact) mass is 388 g/mol. The third-order valence-electron chi connectivity index (χ3n) is 4.13. The third-order valence-corrected chi connectivity index (χ3v) is 4.13. The predicted molar refractivity (Wildman–Crippen MR) is 113 cm³/mol. The largest absolute Gasteiger partial charge is 0.497 e. The Labute approximate surface area is 168 Å². The molecule has 6 heteroatoms. The minimum Gasteiger partial charge on any atom is -0.497 e. The van der Waals surface area contributed by atoms with E-state index in [1.807, 2.05) is 30.3 Å². The van der Waals surface area contributed by atoms with Crippen LogP contribution in [0.1, 0.15) is 11.1 Å². The summed E-state index contributed by atoms with van der Waals surface area (Å²) in [5.74, 6) is -0.346. The second kappa shape index (κ2) is 9.23. The molecule has 0 spiro atoms. The van der Waals surface area contributed by atoms with Crippen LogP contribution < -0.4 is 15.4 Å². The Bertz CT molecular complexity index is 1030. The lowest BCUT2D eigenvalue weighted by atomic mass is 9.97. The van der Waals surface area contributed by atoms with Gasteiger partial charge in [0.15, 0.2) is 0 Å². The van der Waals surface area contributed by atoms with Gasteiger partial charge >= 0.3 is 12.0 Å². The van der Waals surface area contributed by atoms with E-state index in [0.29, 0.717) is 28.3 Å². The molecule has 3 rings (SSSR count). The molecule has 2 amide bonds. The van der Waals surface area contributed by atoms with E-state index in [9.17, 15) is 14.7 Å². The van der Waals surface area contributed by atoms with Crippen molar-refractivity contribution in [3.05, 3.63) is 96.1 Å². The first-order chi connectivity index (χ1) is 14.0. The van der Waals surface area contributed by atoms with Crippen molar-refractivity contribution in [3.8, 4) is 5.75 Å². The molecular weight excluding hydrogens is 368 g/mol. The van der Waals surface area contributed by atoms with Crippen LogP contribution in [0.4, 0.5) is 16.2 Å². The summed E-state index contributed by atoms with van der Waals surface area (Å²) >= 11 is 0. The van der Waals surface area contributed by atoms with Crippen LogP contribution in [0.25, 0.3) is 5.57 Å². The Kier molecular flexibility index (Phi) is 6.27. The van der Waals surface area contributed by atoms with E-state index >= 15 is 0 Å². The number of hydrogen-bond donors (Lipinski definition) is 3. The summed E-state index contributed by atoms with van der Waals surface area (Å²) in [5, 5.41) is 14.8. The van der Waals surface area contributed by atoms with Crippen LogP contribution in [0.5, 0.6) is 5.75 Å². The van der Waals surface area contributed by atoms with E-state index in [1.165, 1.54) is 0 Å². The summed E-state index contributed by atoms with van der Waals surface area (Å²) in [7, 11) is 1.57. The fourth-order valence-electron chi connectivity index (χ4n) is 2.81. The molecule has 0 radical (unpaired) electrons. The molecule has 3 aromatic carbocycles. The maximum Gasteiger partial charge on any atom is 0.328 e. The molecule has 0 aliphatic carbocycles. The fourth-order valence-corrected chi connectivity index (χ4v) is 2.81. The highest BCUT2D eigenvalue weighted by Gasteiger charge is 2.09. The van der Waals surface area contributed by atoms with Crippen molar-refractivity contribution in [1.29, 1.82) is 0 Å². The molecule has 0 saturated heterocycles. The molecule has 0 fully saturated rings. The van der Waals surface area contributed by atoms with Gasteiger partial charge in [0.2, 0.25) is 0 Å². The molecule has 6 nitrogen and oxygen atoms in total. The number of amides is 2. The molecule has 0 saturated carbocycles. The Morgan fingerprint density at radius 3 is 2.14 bits per heavy atom. The lowest BCUT2D eigenvalue weighted by molar-refractivity contribution is -0.131. The quantitative estimate of drug-likeness (QED) is 0.527. The Morgan fingerprint density at radius 2 is 1.48 bits per heavy atom. The average molecular weight is 388 g/mol. The molecule has 0 atom stereocenters. The number of hydrogen-bond acceptors (Lipinski definition) is 3. The van der Waals surface area contributed by atoms with Crippen molar-refractivity contribution in [2.75, 3.05) is 17.7 Å². The highest BCUT2D eigenvalue weighted by molar-refractivity contribution is 6.01. The van der Waals surface area contributed by atoms with E-state index in [1.54, 1.807) is 55.6 Å². The maximum absolute atomic E-state index is 12.3. The lowest BCUT2D eigenvalue weighted by Crippen LogP contribution is -2.19. The molecule has 3 aromatic rings.